The molecule has 0 unspecified atom stereocenters. The Labute approximate surface area is 198 Å². The fourth-order valence-corrected chi connectivity index (χ4v) is 4.97. The van der Waals surface area contributed by atoms with Crippen LogP contribution in [-0.2, 0) is 25.6 Å². The lowest BCUT2D eigenvalue weighted by molar-refractivity contribution is -0.139. The molecule has 174 valence electrons. The van der Waals surface area contributed by atoms with Gasteiger partial charge in [-0.2, -0.15) is 0 Å². The molecule has 1 aliphatic carbocycles. The summed E-state index contributed by atoms with van der Waals surface area (Å²) in [5, 5.41) is 0. The monoisotopic (exact) mass is 458 g/mol. The Balaban J connectivity index is 1.28. The second-order valence-electron chi connectivity index (χ2n) is 9.01. The Morgan fingerprint density at radius 2 is 1.62 bits per heavy atom. The first kappa shape index (κ1) is 22.1. The van der Waals surface area contributed by atoms with Crippen molar-refractivity contribution in [1.82, 2.24) is 0 Å². The molecule has 7 nitrogen and oxygen atoms in total. The number of fused-ring (bicyclic) bond motifs is 1. The molecular weight excluding hydrogens is 432 g/mol. The van der Waals surface area contributed by atoms with Gasteiger partial charge in [0.15, 0.2) is 0 Å². The normalized spacial score (nSPS) is 24.0. The van der Waals surface area contributed by atoms with E-state index in [1.807, 2.05) is 36.4 Å². The third kappa shape index (κ3) is 3.91. The number of carbonyl (C=O) groups is 4. The molecule has 0 spiro atoms. The molecule has 2 aromatic rings. The molecule has 2 aliphatic heterocycles. The minimum Gasteiger partial charge on any atom is -0.426 e. The number of imide groups is 1. The minimum absolute atomic E-state index is 0.0769. The lowest BCUT2D eigenvalue weighted by Gasteiger charge is -2.17. The van der Waals surface area contributed by atoms with E-state index in [0.29, 0.717) is 18.5 Å². The van der Waals surface area contributed by atoms with Crippen LogP contribution in [0.1, 0.15) is 31.7 Å². The van der Waals surface area contributed by atoms with Gasteiger partial charge in [-0.3, -0.25) is 19.2 Å². The standard InChI is InChI=1S/C27H26N2O5/c1-2-17-10-12-19(13-11-17)28-16-18(14-24(28)30)27(33)34-21-7-5-6-20(15-21)29-25(31)22-8-3-4-9-23(22)26(29)32/h3-7,10-13,15,18,22-23H,2,8-9,14,16H2,1H3/t18-,22+,23+/m1/s1. The molecule has 2 aromatic carbocycles. The van der Waals surface area contributed by atoms with E-state index >= 15 is 0 Å². The van der Waals surface area contributed by atoms with Gasteiger partial charge in [0.1, 0.15) is 5.75 Å². The van der Waals surface area contributed by atoms with Crippen molar-refractivity contribution in [3.63, 3.8) is 0 Å². The number of anilines is 2. The zero-order chi connectivity index (χ0) is 23.8. The fourth-order valence-electron chi connectivity index (χ4n) is 4.97. The summed E-state index contributed by atoms with van der Waals surface area (Å²) in [7, 11) is 0. The average molecular weight is 459 g/mol. The van der Waals surface area contributed by atoms with Gasteiger partial charge in [0.05, 0.1) is 23.4 Å². The number of benzene rings is 2. The molecule has 2 fully saturated rings. The second-order valence-corrected chi connectivity index (χ2v) is 9.01. The molecule has 0 saturated carbocycles. The van der Waals surface area contributed by atoms with Crippen molar-refractivity contribution in [1.29, 1.82) is 0 Å². The van der Waals surface area contributed by atoms with Crippen LogP contribution in [0.15, 0.2) is 60.7 Å². The van der Waals surface area contributed by atoms with Crippen molar-refractivity contribution in [2.45, 2.75) is 32.6 Å². The third-order valence-electron chi connectivity index (χ3n) is 6.92. The van der Waals surface area contributed by atoms with Gasteiger partial charge in [-0.05, 0) is 49.1 Å². The van der Waals surface area contributed by atoms with E-state index < -0.39 is 11.9 Å². The van der Waals surface area contributed by atoms with E-state index in [-0.39, 0.29) is 48.3 Å². The number of rotatable bonds is 5. The Morgan fingerprint density at radius 3 is 2.26 bits per heavy atom. The summed E-state index contributed by atoms with van der Waals surface area (Å²) < 4.78 is 5.58. The van der Waals surface area contributed by atoms with Gasteiger partial charge in [-0.25, -0.2) is 4.90 Å². The molecule has 7 heteroatoms. The average Bonchev–Trinajstić information content (AvgIpc) is 3.37. The SMILES string of the molecule is CCc1ccc(N2C[C@H](C(=O)Oc3cccc(N4C(=O)[C@H]5CC=CC[C@@H]5C4=O)c3)CC2=O)cc1. The predicted molar refractivity (Wildman–Crippen MR) is 126 cm³/mol. The van der Waals surface area contributed by atoms with Crippen LogP contribution in [0.2, 0.25) is 0 Å². The van der Waals surface area contributed by atoms with E-state index in [1.54, 1.807) is 23.1 Å². The number of hydrogen-bond acceptors (Lipinski definition) is 5. The van der Waals surface area contributed by atoms with Crippen molar-refractivity contribution >= 4 is 35.1 Å². The summed E-state index contributed by atoms with van der Waals surface area (Å²) in [4.78, 5) is 53.9. The molecule has 2 heterocycles. The topological polar surface area (TPSA) is 84.0 Å². The number of nitrogens with zero attached hydrogens (tertiary/aromatic N) is 2. The van der Waals surface area contributed by atoms with Crippen molar-refractivity contribution < 1.29 is 23.9 Å². The zero-order valence-electron chi connectivity index (χ0n) is 19.0. The van der Waals surface area contributed by atoms with Crippen molar-refractivity contribution in [3.8, 4) is 5.75 Å². The van der Waals surface area contributed by atoms with E-state index in [1.165, 1.54) is 16.5 Å². The summed E-state index contributed by atoms with van der Waals surface area (Å²) in [6.45, 7) is 2.32. The summed E-state index contributed by atoms with van der Waals surface area (Å²) in [6, 6.07) is 14.2. The second kappa shape index (κ2) is 8.89. The Kier molecular flexibility index (Phi) is 5.77. The van der Waals surface area contributed by atoms with Crippen molar-refractivity contribution in [3.05, 3.63) is 66.2 Å². The van der Waals surface area contributed by atoms with Crippen LogP contribution in [0, 0.1) is 17.8 Å². The highest BCUT2D eigenvalue weighted by atomic mass is 16.5. The molecule has 5 rings (SSSR count). The molecule has 0 radical (unpaired) electrons. The maximum atomic E-state index is 12.9. The van der Waals surface area contributed by atoms with Crippen LogP contribution in [0.25, 0.3) is 0 Å². The van der Waals surface area contributed by atoms with Gasteiger partial charge in [-0.15, -0.1) is 0 Å². The van der Waals surface area contributed by atoms with Crippen LogP contribution in [-0.4, -0.2) is 30.2 Å². The number of hydrogen-bond donors (Lipinski definition) is 0. The van der Waals surface area contributed by atoms with E-state index in [4.69, 9.17) is 4.74 Å². The highest BCUT2D eigenvalue weighted by Gasteiger charge is 2.48. The largest absolute Gasteiger partial charge is 0.426 e. The van der Waals surface area contributed by atoms with Gasteiger partial charge in [0.2, 0.25) is 17.7 Å². The van der Waals surface area contributed by atoms with Gasteiger partial charge < -0.3 is 9.64 Å². The van der Waals surface area contributed by atoms with E-state index in [0.717, 1.165) is 12.1 Å². The molecule has 0 aromatic heterocycles. The predicted octanol–water partition coefficient (Wildman–Crippen LogP) is 3.66. The first-order valence-electron chi connectivity index (χ1n) is 11.7. The third-order valence-corrected chi connectivity index (χ3v) is 6.92. The maximum absolute atomic E-state index is 12.9. The zero-order valence-corrected chi connectivity index (χ0v) is 19.0. The van der Waals surface area contributed by atoms with Crippen molar-refractivity contribution in [2.24, 2.45) is 17.8 Å². The molecule has 2 saturated heterocycles. The summed E-state index contributed by atoms with van der Waals surface area (Å²) >= 11 is 0. The molecule has 0 N–H and O–H groups in total. The molecular formula is C27H26N2O5. The summed E-state index contributed by atoms with van der Waals surface area (Å²) in [5.41, 5.74) is 2.34. The van der Waals surface area contributed by atoms with E-state index in [9.17, 15) is 19.2 Å². The number of ether oxygens (including phenoxy) is 1. The summed E-state index contributed by atoms with van der Waals surface area (Å²) in [5.74, 6) is -2.06. The fraction of sp³-hybridized carbons (Fsp3) is 0.333. The van der Waals surface area contributed by atoms with Gasteiger partial charge >= 0.3 is 5.97 Å². The minimum atomic E-state index is -0.592. The van der Waals surface area contributed by atoms with Crippen LogP contribution in [0.4, 0.5) is 11.4 Å². The smallest absolute Gasteiger partial charge is 0.316 e. The van der Waals surface area contributed by atoms with Crippen LogP contribution in [0.3, 0.4) is 0 Å². The van der Waals surface area contributed by atoms with Crippen LogP contribution >= 0.6 is 0 Å². The molecule has 3 aliphatic rings. The van der Waals surface area contributed by atoms with Crippen LogP contribution < -0.4 is 14.5 Å². The van der Waals surface area contributed by atoms with Crippen molar-refractivity contribution in [2.75, 3.05) is 16.3 Å². The number of esters is 1. The maximum Gasteiger partial charge on any atom is 0.316 e. The highest BCUT2D eigenvalue weighted by Crippen LogP contribution is 2.38. The van der Waals surface area contributed by atoms with E-state index in [2.05, 4.69) is 6.92 Å². The molecule has 34 heavy (non-hydrogen) atoms. The number of amides is 3. The lowest BCUT2D eigenvalue weighted by atomic mass is 9.85. The van der Waals surface area contributed by atoms with Gasteiger partial charge in [0.25, 0.3) is 0 Å². The van der Waals surface area contributed by atoms with Gasteiger partial charge in [-0.1, -0.05) is 37.3 Å². The number of allylic oxidation sites excluding steroid dienone is 2. The number of carbonyl (C=O) groups excluding carboxylic acids is 4. The Bertz CT molecular complexity index is 1160. The number of aryl methyl sites for hydroxylation is 1. The highest BCUT2D eigenvalue weighted by molar-refractivity contribution is 6.22. The molecule has 0 bridgehead atoms. The van der Waals surface area contributed by atoms with Gasteiger partial charge in [0, 0.05) is 24.7 Å². The Hall–Kier alpha value is -3.74. The quantitative estimate of drug-likeness (QED) is 0.296. The first-order chi connectivity index (χ1) is 16.5. The molecule has 3 amide bonds. The summed E-state index contributed by atoms with van der Waals surface area (Å²) in [6.07, 6.45) is 6.00. The molecule has 3 atom stereocenters. The van der Waals surface area contributed by atoms with Crippen LogP contribution in [0.5, 0.6) is 5.75 Å². The first-order valence-corrected chi connectivity index (χ1v) is 11.7. The lowest BCUT2D eigenvalue weighted by Crippen LogP contribution is -2.31. The Morgan fingerprint density at radius 1 is 0.941 bits per heavy atom.